The lowest BCUT2D eigenvalue weighted by atomic mass is 10.2. The number of aldehydes is 1. The summed E-state index contributed by atoms with van der Waals surface area (Å²) >= 11 is 0. The van der Waals surface area contributed by atoms with Crippen LogP contribution in [0, 0.1) is 6.20 Å². The van der Waals surface area contributed by atoms with Crippen LogP contribution >= 0.6 is 0 Å². The van der Waals surface area contributed by atoms with Gasteiger partial charge in [-0.15, -0.1) is 0 Å². The third kappa shape index (κ3) is 3.38. The van der Waals surface area contributed by atoms with Gasteiger partial charge in [0.2, 0.25) is 0 Å². The molecule has 0 aliphatic carbocycles. The van der Waals surface area contributed by atoms with Crippen LogP contribution in [-0.2, 0) is 16.0 Å². The maximum absolute atomic E-state index is 10.6. The fraction of sp³-hybridized carbons (Fsp3) is 0.556. The van der Waals surface area contributed by atoms with Gasteiger partial charge in [0.15, 0.2) is 0 Å². The molecule has 0 aliphatic rings. The van der Waals surface area contributed by atoms with Gasteiger partial charge in [0.25, 0.3) is 0 Å². The lowest BCUT2D eigenvalue weighted by molar-refractivity contribution is -0.118. The van der Waals surface area contributed by atoms with Crippen molar-refractivity contribution < 1.29 is 9.53 Å². The number of H-pyrrole nitrogens is 1. The monoisotopic (exact) mass is 181 g/mol. The SMILES string of the molecule is CCCOC(C=O)Cc1n[c]c[nH]1. The zero-order chi connectivity index (χ0) is 9.52. The number of aromatic nitrogens is 2. The van der Waals surface area contributed by atoms with E-state index in [2.05, 4.69) is 16.2 Å². The van der Waals surface area contributed by atoms with Gasteiger partial charge in [-0.3, -0.25) is 0 Å². The highest BCUT2D eigenvalue weighted by Crippen LogP contribution is 1.98. The number of rotatable bonds is 6. The molecule has 0 spiro atoms. The molecule has 4 nitrogen and oxygen atoms in total. The van der Waals surface area contributed by atoms with Crippen LogP contribution in [0.1, 0.15) is 19.2 Å². The summed E-state index contributed by atoms with van der Waals surface area (Å²) in [5, 5.41) is 0. The Hall–Kier alpha value is -1.16. The molecule has 1 atom stereocenters. The van der Waals surface area contributed by atoms with E-state index in [1.807, 2.05) is 6.92 Å². The minimum absolute atomic E-state index is 0.389. The first-order chi connectivity index (χ1) is 6.36. The predicted molar refractivity (Wildman–Crippen MR) is 47.2 cm³/mol. The number of carbonyl (C=O) groups excluding carboxylic acids is 1. The van der Waals surface area contributed by atoms with Gasteiger partial charge in [0, 0.05) is 19.2 Å². The second-order valence-electron chi connectivity index (χ2n) is 2.73. The van der Waals surface area contributed by atoms with Gasteiger partial charge in [0.05, 0.1) is 0 Å². The fourth-order valence-electron chi connectivity index (χ4n) is 0.969. The van der Waals surface area contributed by atoms with E-state index in [1.54, 1.807) is 6.20 Å². The average Bonchev–Trinajstić information content (AvgIpc) is 2.64. The molecule has 13 heavy (non-hydrogen) atoms. The van der Waals surface area contributed by atoms with Crippen LogP contribution in [0.15, 0.2) is 6.20 Å². The van der Waals surface area contributed by atoms with Crippen molar-refractivity contribution in [2.24, 2.45) is 0 Å². The smallest absolute Gasteiger partial charge is 0.149 e. The Kier molecular flexibility index (Phi) is 4.18. The molecule has 0 saturated heterocycles. The van der Waals surface area contributed by atoms with E-state index in [9.17, 15) is 4.79 Å². The molecule has 0 amide bonds. The van der Waals surface area contributed by atoms with Crippen molar-refractivity contribution in [2.45, 2.75) is 25.9 Å². The lowest BCUT2D eigenvalue weighted by Crippen LogP contribution is -2.18. The summed E-state index contributed by atoms with van der Waals surface area (Å²) in [4.78, 5) is 17.3. The van der Waals surface area contributed by atoms with Gasteiger partial charge in [-0.2, -0.15) is 0 Å². The minimum Gasteiger partial charge on any atom is -0.370 e. The summed E-state index contributed by atoms with van der Waals surface area (Å²) in [6.45, 7) is 2.61. The summed E-state index contributed by atoms with van der Waals surface area (Å²) in [5.74, 6) is 0.730. The zero-order valence-corrected chi connectivity index (χ0v) is 7.62. The van der Waals surface area contributed by atoms with E-state index in [4.69, 9.17) is 4.74 Å². The largest absolute Gasteiger partial charge is 0.370 e. The molecule has 0 aliphatic heterocycles. The zero-order valence-electron chi connectivity index (χ0n) is 7.62. The predicted octanol–water partition coefficient (Wildman–Crippen LogP) is 0.746. The first kappa shape index (κ1) is 9.92. The molecule has 1 unspecified atom stereocenters. The Morgan fingerprint density at radius 3 is 3.23 bits per heavy atom. The van der Waals surface area contributed by atoms with Crippen molar-refractivity contribution in [1.82, 2.24) is 9.97 Å². The van der Waals surface area contributed by atoms with Crippen LogP contribution < -0.4 is 0 Å². The molecule has 1 aromatic rings. The molecule has 4 heteroatoms. The number of nitrogens with one attached hydrogen (secondary N) is 1. The van der Waals surface area contributed by atoms with E-state index < -0.39 is 0 Å². The summed E-state index contributed by atoms with van der Waals surface area (Å²) in [5.41, 5.74) is 0. The molecule has 0 saturated carbocycles. The molecule has 1 rings (SSSR count). The third-order valence-corrected chi connectivity index (χ3v) is 1.59. The highest BCUT2D eigenvalue weighted by molar-refractivity contribution is 5.56. The average molecular weight is 181 g/mol. The highest BCUT2D eigenvalue weighted by Gasteiger charge is 2.09. The van der Waals surface area contributed by atoms with Gasteiger partial charge >= 0.3 is 0 Å². The molecule has 0 bridgehead atoms. The first-order valence-electron chi connectivity index (χ1n) is 4.34. The third-order valence-electron chi connectivity index (χ3n) is 1.59. The Bertz CT molecular complexity index is 234. The quantitative estimate of drug-likeness (QED) is 0.659. The number of aromatic amines is 1. The highest BCUT2D eigenvalue weighted by atomic mass is 16.5. The van der Waals surface area contributed by atoms with Crippen molar-refractivity contribution in [3.8, 4) is 0 Å². The number of hydrogen-bond donors (Lipinski definition) is 1. The summed E-state index contributed by atoms with van der Waals surface area (Å²) in [6, 6.07) is 0. The standard InChI is InChI=1S/C9H13N2O2/c1-2-5-13-8(7-12)6-9-10-3-4-11-9/h3,7-8H,2,5-6H2,1H3,(H,10,11). The van der Waals surface area contributed by atoms with Crippen LogP contribution in [0.3, 0.4) is 0 Å². The van der Waals surface area contributed by atoms with Crippen LogP contribution in [0.25, 0.3) is 0 Å². The molecule has 1 aromatic heterocycles. The first-order valence-corrected chi connectivity index (χ1v) is 4.34. The van der Waals surface area contributed by atoms with E-state index in [0.717, 1.165) is 18.5 Å². The number of hydrogen-bond acceptors (Lipinski definition) is 3. The fourth-order valence-corrected chi connectivity index (χ4v) is 0.969. The Morgan fingerprint density at radius 1 is 1.85 bits per heavy atom. The van der Waals surface area contributed by atoms with Crippen LogP contribution in [0.2, 0.25) is 0 Å². The van der Waals surface area contributed by atoms with Crippen LogP contribution in [0.4, 0.5) is 0 Å². The van der Waals surface area contributed by atoms with Gasteiger partial charge in [-0.1, -0.05) is 6.92 Å². The molecular formula is C9H13N2O2. The number of ether oxygens (including phenoxy) is 1. The van der Waals surface area contributed by atoms with Gasteiger partial charge < -0.3 is 14.5 Å². The van der Waals surface area contributed by atoms with Gasteiger partial charge in [-0.25, -0.2) is 4.98 Å². The van der Waals surface area contributed by atoms with E-state index in [1.165, 1.54) is 0 Å². The number of imidazole rings is 1. The van der Waals surface area contributed by atoms with Gasteiger partial charge in [0.1, 0.15) is 24.4 Å². The van der Waals surface area contributed by atoms with E-state index >= 15 is 0 Å². The molecule has 1 N–H and O–H groups in total. The minimum atomic E-state index is -0.389. The van der Waals surface area contributed by atoms with E-state index in [-0.39, 0.29) is 6.10 Å². The maximum atomic E-state index is 10.6. The van der Waals surface area contributed by atoms with Gasteiger partial charge in [-0.05, 0) is 6.42 Å². The van der Waals surface area contributed by atoms with Crippen LogP contribution in [-0.4, -0.2) is 29.0 Å². The normalized spacial score (nSPS) is 12.7. The molecule has 0 fully saturated rings. The van der Waals surface area contributed by atoms with Crippen LogP contribution in [0.5, 0.6) is 0 Å². The second kappa shape index (κ2) is 5.48. The summed E-state index contributed by atoms with van der Waals surface area (Å²) in [7, 11) is 0. The molecule has 0 aromatic carbocycles. The van der Waals surface area contributed by atoms with Crippen molar-refractivity contribution in [3.05, 3.63) is 18.2 Å². The Labute approximate surface area is 77.3 Å². The Morgan fingerprint density at radius 2 is 2.69 bits per heavy atom. The number of nitrogens with zero attached hydrogens (tertiary/aromatic N) is 1. The van der Waals surface area contributed by atoms with Crippen molar-refractivity contribution >= 4 is 6.29 Å². The van der Waals surface area contributed by atoms with Crippen molar-refractivity contribution in [2.75, 3.05) is 6.61 Å². The summed E-state index contributed by atoms with van der Waals surface area (Å²) < 4.78 is 5.27. The molecule has 71 valence electrons. The number of carbonyl (C=O) groups is 1. The van der Waals surface area contributed by atoms with Crippen molar-refractivity contribution in [1.29, 1.82) is 0 Å². The second-order valence-corrected chi connectivity index (χ2v) is 2.73. The molecule has 1 heterocycles. The van der Waals surface area contributed by atoms with E-state index in [0.29, 0.717) is 13.0 Å². The topological polar surface area (TPSA) is 55.0 Å². The molecular weight excluding hydrogens is 168 g/mol. The maximum Gasteiger partial charge on any atom is 0.149 e. The lowest BCUT2D eigenvalue weighted by Gasteiger charge is -2.08. The summed E-state index contributed by atoms with van der Waals surface area (Å²) in [6.07, 6.45) is 6.07. The van der Waals surface area contributed by atoms with Crippen molar-refractivity contribution in [3.63, 3.8) is 0 Å². The Balaban J connectivity index is 2.35. The molecule has 1 radical (unpaired) electrons.